The molecular formula is C17H22F3N5O3. The van der Waals surface area contributed by atoms with Gasteiger partial charge in [-0.25, -0.2) is 4.98 Å². The van der Waals surface area contributed by atoms with Crippen molar-refractivity contribution in [2.45, 2.75) is 38.9 Å². The molecule has 28 heavy (non-hydrogen) atoms. The lowest BCUT2D eigenvalue weighted by Crippen LogP contribution is -2.32. The van der Waals surface area contributed by atoms with Crippen LogP contribution in [0.15, 0.2) is 16.9 Å². The largest absolute Gasteiger partial charge is 0.406 e. The Morgan fingerprint density at radius 2 is 2.04 bits per heavy atom. The number of aryl methyl sites for hydroxylation is 2. The molecule has 0 aliphatic heterocycles. The highest BCUT2D eigenvalue weighted by Gasteiger charge is 2.32. The number of anilines is 1. The van der Waals surface area contributed by atoms with E-state index in [0.717, 1.165) is 29.1 Å². The van der Waals surface area contributed by atoms with Crippen molar-refractivity contribution < 1.29 is 27.3 Å². The lowest BCUT2D eigenvalue weighted by atomic mass is 10.2. The summed E-state index contributed by atoms with van der Waals surface area (Å²) in [6.07, 6.45) is -1.25. The Hall–Kier alpha value is -2.85. The second kappa shape index (κ2) is 8.89. The fourth-order valence-electron chi connectivity index (χ4n) is 2.68. The van der Waals surface area contributed by atoms with Crippen LogP contribution in [0.2, 0.25) is 0 Å². The number of amides is 2. The first kappa shape index (κ1) is 21.5. The van der Waals surface area contributed by atoms with Crippen LogP contribution in [0.3, 0.4) is 0 Å². The number of carbonyl (C=O) groups is 2. The fraction of sp³-hybridized carbons (Fsp3) is 0.529. The van der Waals surface area contributed by atoms with E-state index in [9.17, 15) is 22.8 Å². The highest BCUT2D eigenvalue weighted by atomic mass is 19.4. The SMILES string of the molecule is Cc1cc(CCCCN(C)C(=O)c2c(N(C)C=O)ncn2CC(F)(F)F)on1. The van der Waals surface area contributed by atoms with Gasteiger partial charge in [0.1, 0.15) is 12.3 Å². The van der Waals surface area contributed by atoms with Crippen molar-refractivity contribution >= 4 is 18.1 Å². The maximum absolute atomic E-state index is 12.8. The number of halogens is 3. The molecule has 0 saturated heterocycles. The number of alkyl halides is 3. The van der Waals surface area contributed by atoms with Crippen molar-refractivity contribution in [1.29, 1.82) is 0 Å². The fourth-order valence-corrected chi connectivity index (χ4v) is 2.68. The molecule has 0 aliphatic rings. The molecule has 0 spiro atoms. The number of aromatic nitrogens is 3. The van der Waals surface area contributed by atoms with E-state index in [1.165, 1.54) is 19.0 Å². The average molecular weight is 401 g/mol. The number of hydrogen-bond acceptors (Lipinski definition) is 5. The maximum atomic E-state index is 12.8. The number of unbranched alkanes of at least 4 members (excludes halogenated alkanes) is 1. The Morgan fingerprint density at radius 3 is 2.61 bits per heavy atom. The molecule has 0 atom stereocenters. The smallest absolute Gasteiger partial charge is 0.361 e. The van der Waals surface area contributed by atoms with Gasteiger partial charge in [0, 0.05) is 33.1 Å². The van der Waals surface area contributed by atoms with Crippen LogP contribution in [0.1, 0.15) is 34.8 Å². The molecule has 2 aromatic heterocycles. The van der Waals surface area contributed by atoms with Crippen LogP contribution >= 0.6 is 0 Å². The third-order valence-electron chi connectivity index (χ3n) is 4.05. The first-order valence-electron chi connectivity index (χ1n) is 8.60. The number of nitrogens with zero attached hydrogens (tertiary/aromatic N) is 5. The monoisotopic (exact) mass is 401 g/mol. The van der Waals surface area contributed by atoms with Crippen LogP contribution in [0.25, 0.3) is 0 Å². The molecule has 0 bridgehead atoms. The van der Waals surface area contributed by atoms with Gasteiger partial charge in [-0.3, -0.25) is 9.59 Å². The molecule has 11 heteroatoms. The topological polar surface area (TPSA) is 84.5 Å². The van der Waals surface area contributed by atoms with Crippen molar-refractivity contribution in [2.75, 3.05) is 25.5 Å². The number of hydrogen-bond donors (Lipinski definition) is 0. The Bertz CT molecular complexity index is 815. The summed E-state index contributed by atoms with van der Waals surface area (Å²) in [6, 6.07) is 1.83. The average Bonchev–Trinajstić information content (AvgIpc) is 3.21. The predicted molar refractivity (Wildman–Crippen MR) is 93.9 cm³/mol. The third-order valence-corrected chi connectivity index (χ3v) is 4.05. The van der Waals surface area contributed by atoms with Crippen molar-refractivity contribution in [1.82, 2.24) is 19.6 Å². The van der Waals surface area contributed by atoms with Crippen LogP contribution in [0.5, 0.6) is 0 Å². The van der Waals surface area contributed by atoms with Crippen LogP contribution in [0.4, 0.5) is 19.0 Å². The second-order valence-electron chi connectivity index (χ2n) is 6.49. The van der Waals surface area contributed by atoms with E-state index in [-0.39, 0.29) is 11.5 Å². The Labute approximate surface area is 159 Å². The van der Waals surface area contributed by atoms with E-state index in [2.05, 4.69) is 10.1 Å². The minimum Gasteiger partial charge on any atom is -0.361 e. The molecule has 0 radical (unpaired) electrons. The number of carbonyl (C=O) groups excluding carboxylic acids is 2. The molecule has 2 rings (SSSR count). The number of imidazole rings is 1. The van der Waals surface area contributed by atoms with Crippen molar-refractivity contribution in [3.05, 3.63) is 29.5 Å². The van der Waals surface area contributed by atoms with Gasteiger partial charge in [-0.2, -0.15) is 13.2 Å². The molecule has 2 amide bonds. The Balaban J connectivity index is 2.05. The summed E-state index contributed by atoms with van der Waals surface area (Å²) in [5.74, 6) is -0.0150. The van der Waals surface area contributed by atoms with Crippen LogP contribution in [-0.2, 0) is 17.8 Å². The highest BCUT2D eigenvalue weighted by molar-refractivity contribution is 5.99. The summed E-state index contributed by atoms with van der Waals surface area (Å²) >= 11 is 0. The number of rotatable bonds is 9. The first-order chi connectivity index (χ1) is 13.1. The van der Waals surface area contributed by atoms with Gasteiger partial charge in [-0.1, -0.05) is 5.16 Å². The van der Waals surface area contributed by atoms with Crippen LogP contribution in [0, 0.1) is 6.92 Å². The van der Waals surface area contributed by atoms with Gasteiger partial charge in [-0.15, -0.1) is 0 Å². The molecule has 154 valence electrons. The summed E-state index contributed by atoms with van der Waals surface area (Å²) in [7, 11) is 2.82. The Morgan fingerprint density at radius 1 is 1.32 bits per heavy atom. The van der Waals surface area contributed by atoms with Gasteiger partial charge in [0.2, 0.25) is 6.41 Å². The molecule has 0 N–H and O–H groups in total. The molecule has 2 aromatic rings. The molecule has 0 unspecified atom stereocenters. The molecule has 0 saturated carbocycles. The van der Waals surface area contributed by atoms with Crippen molar-refractivity contribution in [3.8, 4) is 0 Å². The molecule has 2 heterocycles. The zero-order valence-corrected chi connectivity index (χ0v) is 15.9. The molecule has 0 fully saturated rings. The second-order valence-corrected chi connectivity index (χ2v) is 6.49. The predicted octanol–water partition coefficient (Wildman–Crippen LogP) is 2.43. The van der Waals surface area contributed by atoms with Gasteiger partial charge in [-0.05, 0) is 19.8 Å². The van der Waals surface area contributed by atoms with Gasteiger partial charge in [0.15, 0.2) is 11.5 Å². The summed E-state index contributed by atoms with van der Waals surface area (Å²) in [6.45, 7) is 0.775. The van der Waals surface area contributed by atoms with Gasteiger partial charge in [0.25, 0.3) is 5.91 Å². The van der Waals surface area contributed by atoms with E-state index in [1.54, 1.807) is 0 Å². The zero-order chi connectivity index (χ0) is 20.9. The van der Waals surface area contributed by atoms with Gasteiger partial charge < -0.3 is 18.9 Å². The van der Waals surface area contributed by atoms with Gasteiger partial charge in [0.05, 0.1) is 12.0 Å². The maximum Gasteiger partial charge on any atom is 0.406 e. The quantitative estimate of drug-likeness (QED) is 0.476. The van der Waals surface area contributed by atoms with E-state index in [0.29, 0.717) is 30.4 Å². The summed E-state index contributed by atoms with van der Waals surface area (Å²) in [4.78, 5) is 29.8. The standard InChI is InChI=1S/C17H22F3N5O3/c1-12-8-13(28-22-12)6-4-5-7-23(2)16(27)14-15(24(3)11-26)21-10-25(14)9-17(18,19)20/h8,10-11H,4-7,9H2,1-3H3. The highest BCUT2D eigenvalue weighted by Crippen LogP contribution is 2.24. The molecule has 0 aromatic carbocycles. The summed E-state index contributed by atoms with van der Waals surface area (Å²) in [5.41, 5.74) is 0.507. The Kier molecular flexibility index (Phi) is 6.81. The van der Waals surface area contributed by atoms with Crippen LogP contribution < -0.4 is 4.90 Å². The first-order valence-corrected chi connectivity index (χ1v) is 8.60. The van der Waals surface area contributed by atoms with E-state index >= 15 is 0 Å². The normalized spacial score (nSPS) is 11.5. The van der Waals surface area contributed by atoms with Crippen molar-refractivity contribution in [3.63, 3.8) is 0 Å². The summed E-state index contributed by atoms with van der Waals surface area (Å²) in [5, 5.41) is 3.79. The zero-order valence-electron chi connectivity index (χ0n) is 15.9. The summed E-state index contributed by atoms with van der Waals surface area (Å²) < 4.78 is 44.3. The van der Waals surface area contributed by atoms with E-state index in [1.807, 2.05) is 13.0 Å². The molecule has 8 nitrogen and oxygen atoms in total. The lowest BCUT2D eigenvalue weighted by Gasteiger charge is -2.20. The van der Waals surface area contributed by atoms with E-state index in [4.69, 9.17) is 4.52 Å². The van der Waals surface area contributed by atoms with Crippen molar-refractivity contribution in [2.24, 2.45) is 0 Å². The molecule has 0 aliphatic carbocycles. The minimum absolute atomic E-state index is 0.117. The third kappa shape index (κ3) is 5.57. The lowest BCUT2D eigenvalue weighted by molar-refractivity contribution is -0.140. The molecular weight excluding hydrogens is 379 g/mol. The van der Waals surface area contributed by atoms with E-state index < -0.39 is 18.6 Å². The van der Waals surface area contributed by atoms with Gasteiger partial charge >= 0.3 is 6.18 Å². The minimum atomic E-state index is -4.53. The van der Waals surface area contributed by atoms with Crippen LogP contribution in [-0.4, -0.2) is 58.7 Å².